The molecule has 0 radical (unpaired) electrons. The topological polar surface area (TPSA) is 49.3 Å². The number of phenolic OH excluding ortho intramolecular Hbond substituents is 1. The van der Waals surface area contributed by atoms with Crippen LogP contribution in [0.25, 0.3) is 0 Å². The number of rotatable bonds is 2. The van der Waals surface area contributed by atoms with E-state index < -0.39 is 0 Å². The number of amides is 1. The van der Waals surface area contributed by atoms with Crippen LogP contribution in [0.4, 0.5) is 5.69 Å². The van der Waals surface area contributed by atoms with Crippen LogP contribution in [0.15, 0.2) is 46.9 Å². The smallest absolute Gasteiger partial charge is 0.255 e. The van der Waals surface area contributed by atoms with Gasteiger partial charge in [-0.05, 0) is 55.0 Å². The molecule has 0 saturated carbocycles. The maximum absolute atomic E-state index is 11.9. The van der Waals surface area contributed by atoms with Gasteiger partial charge in [0, 0.05) is 15.7 Å². The number of nitrogens with one attached hydrogen (secondary N) is 1. The summed E-state index contributed by atoms with van der Waals surface area (Å²) in [5.74, 6) is -0.0530. The summed E-state index contributed by atoms with van der Waals surface area (Å²) < 4.78 is 1.00. The van der Waals surface area contributed by atoms with Crippen LogP contribution in [0.3, 0.4) is 0 Å². The van der Waals surface area contributed by atoms with Crippen LogP contribution < -0.4 is 5.32 Å². The van der Waals surface area contributed by atoms with Crippen LogP contribution in [0, 0.1) is 6.92 Å². The quantitative estimate of drug-likeness (QED) is 0.888. The van der Waals surface area contributed by atoms with Gasteiger partial charge in [0.2, 0.25) is 0 Å². The maximum atomic E-state index is 11.9. The van der Waals surface area contributed by atoms with E-state index in [1.807, 2.05) is 25.1 Å². The summed E-state index contributed by atoms with van der Waals surface area (Å²) in [5, 5.41) is 12.0. The van der Waals surface area contributed by atoms with Gasteiger partial charge < -0.3 is 10.4 Å². The number of halogens is 1. The Morgan fingerprint density at radius 2 is 1.83 bits per heavy atom. The van der Waals surface area contributed by atoms with Crippen LogP contribution in [-0.4, -0.2) is 11.0 Å². The normalized spacial score (nSPS) is 10.1. The van der Waals surface area contributed by atoms with E-state index in [1.165, 1.54) is 12.1 Å². The first-order valence-corrected chi connectivity index (χ1v) is 6.22. The highest BCUT2D eigenvalue weighted by Crippen LogP contribution is 2.20. The van der Waals surface area contributed by atoms with Gasteiger partial charge in [-0.1, -0.05) is 15.9 Å². The van der Waals surface area contributed by atoms with Crippen molar-refractivity contribution < 1.29 is 9.90 Å². The third-order valence-corrected chi connectivity index (χ3v) is 3.44. The van der Waals surface area contributed by atoms with Gasteiger partial charge in [-0.2, -0.15) is 0 Å². The number of hydrogen-bond donors (Lipinski definition) is 2. The van der Waals surface area contributed by atoms with Crippen LogP contribution in [0.1, 0.15) is 15.9 Å². The van der Waals surface area contributed by atoms with E-state index in [4.69, 9.17) is 5.11 Å². The zero-order valence-electron chi connectivity index (χ0n) is 9.77. The van der Waals surface area contributed by atoms with Crippen LogP contribution in [0.2, 0.25) is 0 Å². The van der Waals surface area contributed by atoms with Crippen LogP contribution in [0.5, 0.6) is 5.75 Å². The highest BCUT2D eigenvalue weighted by molar-refractivity contribution is 9.10. The summed E-state index contributed by atoms with van der Waals surface area (Å²) in [6.45, 7) is 1.96. The van der Waals surface area contributed by atoms with Crippen molar-refractivity contribution in [3.63, 3.8) is 0 Å². The molecule has 4 heteroatoms. The highest BCUT2D eigenvalue weighted by atomic mass is 79.9. The van der Waals surface area contributed by atoms with E-state index >= 15 is 0 Å². The third kappa shape index (κ3) is 2.90. The van der Waals surface area contributed by atoms with E-state index in [0.717, 1.165) is 15.7 Å². The van der Waals surface area contributed by atoms with Gasteiger partial charge in [0.15, 0.2) is 0 Å². The minimum Gasteiger partial charge on any atom is -0.508 e. The summed E-state index contributed by atoms with van der Waals surface area (Å²) in [6, 6.07) is 11.7. The molecule has 0 bridgehead atoms. The minimum absolute atomic E-state index is 0.144. The molecule has 0 fully saturated rings. The van der Waals surface area contributed by atoms with Gasteiger partial charge in [-0.25, -0.2) is 0 Å². The number of aromatic hydroxyl groups is 1. The molecule has 0 spiro atoms. The lowest BCUT2D eigenvalue weighted by Crippen LogP contribution is -2.11. The molecule has 0 aliphatic rings. The van der Waals surface area contributed by atoms with Gasteiger partial charge in [0.25, 0.3) is 5.91 Å². The fourth-order valence-electron chi connectivity index (χ4n) is 1.54. The first-order chi connectivity index (χ1) is 8.56. The summed E-state index contributed by atoms with van der Waals surface area (Å²) in [6.07, 6.45) is 0. The van der Waals surface area contributed by atoms with Crippen molar-refractivity contribution >= 4 is 27.5 Å². The predicted molar refractivity (Wildman–Crippen MR) is 74.9 cm³/mol. The Kier molecular flexibility index (Phi) is 3.67. The standard InChI is InChI=1S/C14H12BrNO2/c1-9-8-11(4-7-13(9)15)16-14(18)10-2-5-12(17)6-3-10/h2-8,17H,1H3,(H,16,18). The number of anilines is 1. The minimum atomic E-state index is -0.197. The monoisotopic (exact) mass is 305 g/mol. The summed E-state index contributed by atoms with van der Waals surface area (Å²) in [5.41, 5.74) is 2.31. The van der Waals surface area contributed by atoms with Crippen molar-refractivity contribution in [3.8, 4) is 5.75 Å². The zero-order valence-corrected chi connectivity index (χ0v) is 11.4. The summed E-state index contributed by atoms with van der Waals surface area (Å²) in [4.78, 5) is 11.9. The van der Waals surface area contributed by atoms with Crippen LogP contribution in [-0.2, 0) is 0 Å². The number of phenols is 1. The Balaban J connectivity index is 2.16. The molecule has 92 valence electrons. The van der Waals surface area contributed by atoms with E-state index in [1.54, 1.807) is 12.1 Å². The van der Waals surface area contributed by atoms with Gasteiger partial charge in [-0.15, -0.1) is 0 Å². The molecule has 2 aromatic carbocycles. The molecule has 0 aromatic heterocycles. The Morgan fingerprint density at radius 3 is 2.44 bits per heavy atom. The Morgan fingerprint density at radius 1 is 1.17 bits per heavy atom. The average Bonchev–Trinajstić information content (AvgIpc) is 2.34. The summed E-state index contributed by atoms with van der Waals surface area (Å²) >= 11 is 3.41. The maximum Gasteiger partial charge on any atom is 0.255 e. The molecule has 2 rings (SSSR count). The highest BCUT2D eigenvalue weighted by Gasteiger charge is 2.06. The Bertz CT molecular complexity index is 579. The van der Waals surface area contributed by atoms with Crippen molar-refractivity contribution in [2.75, 3.05) is 5.32 Å². The molecule has 2 N–H and O–H groups in total. The van der Waals surface area contributed by atoms with Gasteiger partial charge in [0.1, 0.15) is 5.75 Å². The largest absolute Gasteiger partial charge is 0.508 e. The SMILES string of the molecule is Cc1cc(NC(=O)c2ccc(O)cc2)ccc1Br. The van der Waals surface area contributed by atoms with Crippen molar-refractivity contribution in [2.45, 2.75) is 6.92 Å². The second kappa shape index (κ2) is 5.23. The molecule has 0 heterocycles. The van der Waals surface area contributed by atoms with E-state index in [0.29, 0.717) is 5.56 Å². The zero-order chi connectivity index (χ0) is 13.1. The fourth-order valence-corrected chi connectivity index (χ4v) is 1.79. The number of hydrogen-bond acceptors (Lipinski definition) is 2. The van der Waals surface area contributed by atoms with Crippen molar-refractivity contribution in [2.24, 2.45) is 0 Å². The number of carbonyl (C=O) groups is 1. The lowest BCUT2D eigenvalue weighted by atomic mass is 10.2. The molecule has 0 unspecified atom stereocenters. The molecule has 2 aromatic rings. The second-order valence-corrected chi connectivity index (χ2v) is 4.82. The Hall–Kier alpha value is -1.81. The van der Waals surface area contributed by atoms with E-state index in [2.05, 4.69) is 21.2 Å². The van der Waals surface area contributed by atoms with Crippen LogP contribution >= 0.6 is 15.9 Å². The van der Waals surface area contributed by atoms with Crippen molar-refractivity contribution in [3.05, 3.63) is 58.1 Å². The lowest BCUT2D eigenvalue weighted by Gasteiger charge is -2.07. The molecular formula is C14H12BrNO2. The van der Waals surface area contributed by atoms with Gasteiger partial charge in [-0.3, -0.25) is 4.79 Å². The predicted octanol–water partition coefficient (Wildman–Crippen LogP) is 3.72. The van der Waals surface area contributed by atoms with Gasteiger partial charge >= 0.3 is 0 Å². The van der Waals surface area contributed by atoms with Crippen molar-refractivity contribution in [1.82, 2.24) is 0 Å². The molecule has 1 amide bonds. The molecule has 0 aliphatic carbocycles. The number of carbonyl (C=O) groups excluding carboxylic acids is 1. The average molecular weight is 306 g/mol. The lowest BCUT2D eigenvalue weighted by molar-refractivity contribution is 0.102. The molecular weight excluding hydrogens is 294 g/mol. The second-order valence-electron chi connectivity index (χ2n) is 3.96. The first-order valence-electron chi connectivity index (χ1n) is 5.43. The van der Waals surface area contributed by atoms with E-state index in [9.17, 15) is 4.79 Å². The Labute approximate surface area is 114 Å². The van der Waals surface area contributed by atoms with Gasteiger partial charge in [0.05, 0.1) is 0 Å². The third-order valence-electron chi connectivity index (χ3n) is 2.55. The van der Waals surface area contributed by atoms with Crippen molar-refractivity contribution in [1.29, 1.82) is 0 Å². The first kappa shape index (κ1) is 12.6. The molecule has 0 aliphatic heterocycles. The molecule has 18 heavy (non-hydrogen) atoms. The van der Waals surface area contributed by atoms with E-state index in [-0.39, 0.29) is 11.7 Å². The molecule has 3 nitrogen and oxygen atoms in total. The fraction of sp³-hybridized carbons (Fsp3) is 0.0714. The molecule has 0 saturated heterocycles. The number of aryl methyl sites for hydroxylation is 1. The number of benzene rings is 2. The molecule has 0 atom stereocenters. The summed E-state index contributed by atoms with van der Waals surface area (Å²) in [7, 11) is 0.